The number of nitrogens with one attached hydrogen (secondary N) is 1. The lowest BCUT2D eigenvalue weighted by molar-refractivity contribution is 0.304. The molecule has 17 heavy (non-hydrogen) atoms. The molecule has 1 aromatic rings. The molecule has 0 aromatic heterocycles. The monoisotopic (exact) mass is 233 g/mol. The van der Waals surface area contributed by atoms with Gasteiger partial charge in [0, 0.05) is 12.6 Å². The lowest BCUT2D eigenvalue weighted by atomic mass is 10.1. The number of ether oxygens (including phenoxy) is 1. The van der Waals surface area contributed by atoms with Gasteiger partial charge in [-0.15, -0.1) is 6.58 Å². The average molecular weight is 233 g/mol. The molecule has 0 radical (unpaired) electrons. The molecule has 0 saturated carbocycles. The van der Waals surface area contributed by atoms with Crippen LogP contribution in [0.25, 0.3) is 0 Å². The molecule has 1 atom stereocenters. The van der Waals surface area contributed by atoms with E-state index in [0.717, 1.165) is 25.1 Å². The molecule has 2 heteroatoms. The minimum Gasteiger partial charge on any atom is -0.492 e. The van der Waals surface area contributed by atoms with Crippen LogP contribution in [0.4, 0.5) is 0 Å². The Hall–Kier alpha value is -1.28. The molecule has 1 aromatic carbocycles. The second-order valence-electron chi connectivity index (χ2n) is 4.21. The minimum atomic E-state index is 0.557. The van der Waals surface area contributed by atoms with Crippen molar-refractivity contribution in [2.45, 2.75) is 32.7 Å². The molecule has 0 amide bonds. The highest BCUT2D eigenvalue weighted by atomic mass is 16.5. The summed E-state index contributed by atoms with van der Waals surface area (Å²) in [5.74, 6) is 0.971. The Balaban J connectivity index is 2.38. The molecule has 0 aliphatic carbocycles. The lowest BCUT2D eigenvalue weighted by Gasteiger charge is -2.13. The van der Waals surface area contributed by atoms with Crippen molar-refractivity contribution in [1.82, 2.24) is 5.32 Å². The quantitative estimate of drug-likeness (QED) is 0.550. The summed E-state index contributed by atoms with van der Waals surface area (Å²) in [6.45, 7) is 9.72. The minimum absolute atomic E-state index is 0.557. The highest BCUT2D eigenvalue weighted by Gasteiger charge is 2.01. The van der Waals surface area contributed by atoms with Gasteiger partial charge in [0.1, 0.15) is 12.4 Å². The molecule has 0 unspecified atom stereocenters. The number of para-hydroxylation sites is 1. The van der Waals surface area contributed by atoms with Gasteiger partial charge in [-0.25, -0.2) is 0 Å². The zero-order valence-electron chi connectivity index (χ0n) is 10.9. The summed E-state index contributed by atoms with van der Waals surface area (Å²) in [7, 11) is 0. The van der Waals surface area contributed by atoms with Crippen molar-refractivity contribution >= 4 is 0 Å². The van der Waals surface area contributed by atoms with Gasteiger partial charge in [0.2, 0.25) is 0 Å². The standard InChI is InChI=1S/C15H23NO/c1-4-8-14-9-6-7-10-15(14)17-12-11-16-13(3)5-2/h4,6-7,9-10,13,16H,1,5,8,11-12H2,2-3H3/t13-/m1/s1. The van der Waals surface area contributed by atoms with Crippen LogP contribution in [0.1, 0.15) is 25.8 Å². The Morgan fingerprint density at radius 2 is 2.18 bits per heavy atom. The molecule has 0 fully saturated rings. The fourth-order valence-corrected chi connectivity index (χ4v) is 1.58. The number of hydrogen-bond donors (Lipinski definition) is 1. The topological polar surface area (TPSA) is 21.3 Å². The van der Waals surface area contributed by atoms with E-state index in [4.69, 9.17) is 4.74 Å². The zero-order chi connectivity index (χ0) is 12.5. The predicted molar refractivity (Wildman–Crippen MR) is 73.6 cm³/mol. The summed E-state index contributed by atoms with van der Waals surface area (Å²) < 4.78 is 5.77. The van der Waals surface area contributed by atoms with Crippen LogP contribution in [0.3, 0.4) is 0 Å². The van der Waals surface area contributed by atoms with E-state index in [2.05, 4.69) is 31.8 Å². The third-order valence-electron chi connectivity index (χ3n) is 2.80. The smallest absolute Gasteiger partial charge is 0.122 e. The first-order valence-corrected chi connectivity index (χ1v) is 6.33. The molecule has 94 valence electrons. The zero-order valence-corrected chi connectivity index (χ0v) is 10.9. The van der Waals surface area contributed by atoms with Gasteiger partial charge in [0.05, 0.1) is 0 Å². The van der Waals surface area contributed by atoms with E-state index in [0.29, 0.717) is 12.6 Å². The van der Waals surface area contributed by atoms with Gasteiger partial charge in [-0.2, -0.15) is 0 Å². The van der Waals surface area contributed by atoms with Crippen molar-refractivity contribution in [1.29, 1.82) is 0 Å². The Morgan fingerprint density at radius 3 is 2.88 bits per heavy atom. The van der Waals surface area contributed by atoms with Crippen LogP contribution in [-0.2, 0) is 6.42 Å². The van der Waals surface area contributed by atoms with Gasteiger partial charge >= 0.3 is 0 Å². The molecular weight excluding hydrogens is 210 g/mol. The van der Waals surface area contributed by atoms with E-state index in [9.17, 15) is 0 Å². The number of benzene rings is 1. The van der Waals surface area contributed by atoms with Gasteiger partial charge in [0.25, 0.3) is 0 Å². The van der Waals surface area contributed by atoms with Crippen molar-refractivity contribution in [3.05, 3.63) is 42.5 Å². The normalized spacial score (nSPS) is 12.1. The van der Waals surface area contributed by atoms with E-state index < -0.39 is 0 Å². The Morgan fingerprint density at radius 1 is 1.41 bits per heavy atom. The molecule has 0 saturated heterocycles. The van der Waals surface area contributed by atoms with Gasteiger partial charge in [0.15, 0.2) is 0 Å². The summed E-state index contributed by atoms with van der Waals surface area (Å²) in [6, 6.07) is 8.69. The first kappa shape index (κ1) is 13.8. The maximum Gasteiger partial charge on any atom is 0.122 e. The van der Waals surface area contributed by atoms with Crippen LogP contribution >= 0.6 is 0 Å². The summed E-state index contributed by atoms with van der Waals surface area (Å²) in [6.07, 6.45) is 3.90. The van der Waals surface area contributed by atoms with E-state index in [1.54, 1.807) is 0 Å². The first-order valence-electron chi connectivity index (χ1n) is 6.33. The molecule has 0 bridgehead atoms. The van der Waals surface area contributed by atoms with Crippen molar-refractivity contribution in [2.24, 2.45) is 0 Å². The van der Waals surface area contributed by atoms with Crippen LogP contribution in [0, 0.1) is 0 Å². The van der Waals surface area contributed by atoms with Crippen molar-refractivity contribution in [3.8, 4) is 5.75 Å². The van der Waals surface area contributed by atoms with Crippen LogP contribution < -0.4 is 10.1 Å². The van der Waals surface area contributed by atoms with E-state index in [-0.39, 0.29) is 0 Å². The molecule has 0 spiro atoms. The fourth-order valence-electron chi connectivity index (χ4n) is 1.58. The Bertz CT molecular complexity index is 335. The van der Waals surface area contributed by atoms with Crippen LogP contribution in [0.2, 0.25) is 0 Å². The number of rotatable bonds is 8. The molecule has 2 nitrogen and oxygen atoms in total. The highest BCUT2D eigenvalue weighted by Crippen LogP contribution is 2.18. The Kier molecular flexibility index (Phi) is 6.41. The maximum atomic E-state index is 5.77. The fraction of sp³-hybridized carbons (Fsp3) is 0.467. The second-order valence-corrected chi connectivity index (χ2v) is 4.21. The van der Waals surface area contributed by atoms with Crippen molar-refractivity contribution < 1.29 is 4.74 Å². The van der Waals surface area contributed by atoms with Gasteiger partial charge < -0.3 is 10.1 Å². The van der Waals surface area contributed by atoms with Gasteiger partial charge in [-0.05, 0) is 31.4 Å². The summed E-state index contributed by atoms with van der Waals surface area (Å²) in [5, 5.41) is 3.41. The summed E-state index contributed by atoms with van der Waals surface area (Å²) >= 11 is 0. The third-order valence-corrected chi connectivity index (χ3v) is 2.80. The molecule has 0 aliphatic rings. The third kappa shape index (κ3) is 5.05. The van der Waals surface area contributed by atoms with Crippen molar-refractivity contribution in [2.75, 3.05) is 13.2 Å². The molecule has 1 N–H and O–H groups in total. The largest absolute Gasteiger partial charge is 0.492 e. The molecule has 0 heterocycles. The van der Waals surface area contributed by atoms with Crippen LogP contribution in [0.15, 0.2) is 36.9 Å². The highest BCUT2D eigenvalue weighted by molar-refractivity contribution is 5.34. The van der Waals surface area contributed by atoms with E-state index in [1.165, 1.54) is 5.56 Å². The van der Waals surface area contributed by atoms with Gasteiger partial charge in [-0.3, -0.25) is 0 Å². The first-order chi connectivity index (χ1) is 8.27. The average Bonchev–Trinajstić information content (AvgIpc) is 2.36. The van der Waals surface area contributed by atoms with Crippen molar-refractivity contribution in [3.63, 3.8) is 0 Å². The molecule has 0 aliphatic heterocycles. The summed E-state index contributed by atoms with van der Waals surface area (Å²) in [4.78, 5) is 0. The molecule has 1 rings (SSSR count). The number of hydrogen-bond acceptors (Lipinski definition) is 2. The van der Waals surface area contributed by atoms with Crippen LogP contribution in [-0.4, -0.2) is 19.2 Å². The maximum absolute atomic E-state index is 5.77. The summed E-state index contributed by atoms with van der Waals surface area (Å²) in [5.41, 5.74) is 1.20. The van der Waals surface area contributed by atoms with E-state index >= 15 is 0 Å². The van der Waals surface area contributed by atoms with Gasteiger partial charge in [-0.1, -0.05) is 31.2 Å². The Labute approximate surface area is 105 Å². The van der Waals surface area contributed by atoms with Crippen LogP contribution in [0.5, 0.6) is 5.75 Å². The second kappa shape index (κ2) is 7.91. The number of allylic oxidation sites excluding steroid dienone is 1. The predicted octanol–water partition coefficient (Wildman–Crippen LogP) is 3.18. The lowest BCUT2D eigenvalue weighted by Crippen LogP contribution is -2.29. The SMILES string of the molecule is C=CCc1ccccc1OCCN[C@H](C)CC. The van der Waals surface area contributed by atoms with E-state index in [1.807, 2.05) is 24.3 Å². The molecular formula is C15H23NO.